The number of carbonyl (C=O) groups excluding carboxylic acids is 2. The Labute approximate surface area is 194 Å². The number of hydrogen-bond acceptors (Lipinski definition) is 5. The van der Waals surface area contributed by atoms with Crippen molar-refractivity contribution in [2.45, 2.75) is 19.5 Å². The average molecular weight is 493 g/mol. The van der Waals surface area contributed by atoms with Gasteiger partial charge in [0, 0.05) is 22.8 Å². The molecule has 0 radical (unpaired) electrons. The van der Waals surface area contributed by atoms with E-state index in [1.807, 2.05) is 19.1 Å². The number of ketones is 1. The van der Waals surface area contributed by atoms with Gasteiger partial charge in [-0.3, -0.25) is 14.6 Å². The summed E-state index contributed by atoms with van der Waals surface area (Å²) >= 11 is 3.44. The molecular formula is C25H21BrN2O4. The van der Waals surface area contributed by atoms with Crippen LogP contribution in [0, 0.1) is 6.92 Å². The highest BCUT2D eigenvalue weighted by molar-refractivity contribution is 9.10. The van der Waals surface area contributed by atoms with Crippen LogP contribution in [-0.2, 0) is 16.1 Å². The van der Waals surface area contributed by atoms with Crippen LogP contribution in [0.3, 0.4) is 0 Å². The van der Waals surface area contributed by atoms with Gasteiger partial charge in [0.05, 0.1) is 18.4 Å². The van der Waals surface area contributed by atoms with Gasteiger partial charge in [0.2, 0.25) is 0 Å². The summed E-state index contributed by atoms with van der Waals surface area (Å²) in [4.78, 5) is 32.0. The molecule has 1 amide bonds. The number of aryl methyl sites for hydroxylation is 1. The van der Waals surface area contributed by atoms with Crippen molar-refractivity contribution in [1.82, 2.24) is 9.88 Å². The molecule has 1 aromatic heterocycles. The lowest BCUT2D eigenvalue weighted by molar-refractivity contribution is -0.140. The Morgan fingerprint density at radius 3 is 2.50 bits per heavy atom. The summed E-state index contributed by atoms with van der Waals surface area (Å²) in [6.07, 6.45) is 1.60. The smallest absolute Gasteiger partial charge is 0.296 e. The Morgan fingerprint density at radius 2 is 1.88 bits per heavy atom. The van der Waals surface area contributed by atoms with E-state index in [-0.39, 0.29) is 17.9 Å². The summed E-state index contributed by atoms with van der Waals surface area (Å²) in [5, 5.41) is 11.1. The fraction of sp³-hybridized carbons (Fsp3) is 0.160. The minimum Gasteiger partial charge on any atom is -0.507 e. The van der Waals surface area contributed by atoms with E-state index in [9.17, 15) is 14.7 Å². The fourth-order valence-corrected chi connectivity index (χ4v) is 4.01. The molecule has 1 atom stereocenters. The standard InChI is InChI=1S/C25H21BrN2O4/c1-15-13-17(8-11-19(15)26)23(29)21-22(20-5-3-4-12-27-20)28(25(31)24(21)30)14-16-6-9-18(32-2)10-7-16/h3-13,22,29H,14H2,1-2H3/b23-21-. The highest BCUT2D eigenvalue weighted by atomic mass is 79.9. The lowest BCUT2D eigenvalue weighted by Gasteiger charge is -2.24. The number of likely N-dealkylation sites (tertiary alicyclic amines) is 1. The maximum absolute atomic E-state index is 13.1. The minimum atomic E-state index is -0.803. The van der Waals surface area contributed by atoms with Crippen molar-refractivity contribution in [3.05, 3.63) is 99.3 Å². The Balaban J connectivity index is 1.82. The van der Waals surface area contributed by atoms with Crippen LogP contribution in [0.1, 0.15) is 28.4 Å². The van der Waals surface area contributed by atoms with E-state index in [0.29, 0.717) is 17.0 Å². The second-order valence-electron chi connectivity index (χ2n) is 7.49. The van der Waals surface area contributed by atoms with Crippen molar-refractivity contribution in [1.29, 1.82) is 0 Å². The molecule has 7 heteroatoms. The van der Waals surface area contributed by atoms with E-state index in [1.54, 1.807) is 61.8 Å². The average Bonchev–Trinajstić information content (AvgIpc) is 3.06. The van der Waals surface area contributed by atoms with Gasteiger partial charge in [0.15, 0.2) is 0 Å². The Kier molecular flexibility index (Phi) is 6.10. The van der Waals surface area contributed by atoms with Gasteiger partial charge in [0.25, 0.3) is 11.7 Å². The van der Waals surface area contributed by atoms with Crippen molar-refractivity contribution >= 4 is 33.4 Å². The number of benzene rings is 2. The van der Waals surface area contributed by atoms with E-state index in [4.69, 9.17) is 4.74 Å². The lowest BCUT2D eigenvalue weighted by Crippen LogP contribution is -2.29. The molecule has 2 heterocycles. The SMILES string of the molecule is COc1ccc(CN2C(=O)C(=O)/C(=C(\O)c3ccc(Br)c(C)c3)C2c2ccccn2)cc1. The Hall–Kier alpha value is -3.45. The van der Waals surface area contributed by atoms with E-state index < -0.39 is 17.7 Å². The molecule has 0 bridgehead atoms. The number of ether oxygens (including phenoxy) is 1. The minimum absolute atomic E-state index is 0.0314. The van der Waals surface area contributed by atoms with Crippen molar-refractivity contribution in [2.24, 2.45) is 0 Å². The van der Waals surface area contributed by atoms with Crippen LogP contribution < -0.4 is 4.74 Å². The summed E-state index contributed by atoms with van der Waals surface area (Å²) in [5.74, 6) is -0.923. The number of amides is 1. The first-order valence-electron chi connectivity index (χ1n) is 9.99. The molecule has 0 saturated carbocycles. The Bertz CT molecular complexity index is 1210. The molecule has 1 N–H and O–H groups in total. The van der Waals surface area contributed by atoms with Gasteiger partial charge in [-0.05, 0) is 54.4 Å². The van der Waals surface area contributed by atoms with Gasteiger partial charge in [-0.25, -0.2) is 0 Å². The number of nitrogens with zero attached hydrogens (tertiary/aromatic N) is 2. The molecule has 1 aliphatic heterocycles. The van der Waals surface area contributed by atoms with E-state index in [1.165, 1.54) is 4.90 Å². The maximum atomic E-state index is 13.1. The maximum Gasteiger partial charge on any atom is 0.296 e. The van der Waals surface area contributed by atoms with Crippen LogP contribution in [0.25, 0.3) is 5.76 Å². The molecule has 6 nitrogen and oxygen atoms in total. The van der Waals surface area contributed by atoms with Crippen LogP contribution in [0.2, 0.25) is 0 Å². The van der Waals surface area contributed by atoms with Crippen LogP contribution in [-0.4, -0.2) is 33.8 Å². The first kappa shape index (κ1) is 21.8. The topological polar surface area (TPSA) is 79.7 Å². The summed E-state index contributed by atoms with van der Waals surface area (Å²) in [7, 11) is 1.58. The number of hydrogen-bond donors (Lipinski definition) is 1. The normalized spacial score (nSPS) is 17.6. The number of halogens is 1. The van der Waals surface area contributed by atoms with Crippen molar-refractivity contribution in [3.8, 4) is 5.75 Å². The molecule has 32 heavy (non-hydrogen) atoms. The number of carbonyl (C=O) groups is 2. The second-order valence-corrected chi connectivity index (χ2v) is 8.35. The summed E-state index contributed by atoms with van der Waals surface area (Å²) in [6.45, 7) is 2.07. The lowest BCUT2D eigenvalue weighted by atomic mass is 9.97. The molecule has 1 aliphatic rings. The van der Waals surface area contributed by atoms with Crippen LogP contribution >= 0.6 is 15.9 Å². The quantitative estimate of drug-likeness (QED) is 0.314. The molecule has 1 saturated heterocycles. The van der Waals surface area contributed by atoms with Crippen LogP contribution in [0.5, 0.6) is 5.75 Å². The van der Waals surface area contributed by atoms with Crippen LogP contribution in [0.4, 0.5) is 0 Å². The molecule has 2 aromatic carbocycles. The first-order chi connectivity index (χ1) is 15.4. The van der Waals surface area contributed by atoms with Crippen LogP contribution in [0.15, 0.2) is 76.9 Å². The number of aliphatic hydroxyl groups is 1. The third-order valence-electron chi connectivity index (χ3n) is 5.45. The predicted octanol–water partition coefficient (Wildman–Crippen LogP) is 4.78. The van der Waals surface area contributed by atoms with Gasteiger partial charge in [-0.1, -0.05) is 40.2 Å². The second kappa shape index (κ2) is 8.96. The van der Waals surface area contributed by atoms with Gasteiger partial charge in [-0.15, -0.1) is 0 Å². The zero-order chi connectivity index (χ0) is 22.8. The van der Waals surface area contributed by atoms with Crippen molar-refractivity contribution < 1.29 is 19.4 Å². The van der Waals surface area contributed by atoms with Gasteiger partial charge in [-0.2, -0.15) is 0 Å². The third kappa shape index (κ3) is 4.03. The highest BCUT2D eigenvalue weighted by Gasteiger charge is 2.46. The molecule has 0 spiro atoms. The monoisotopic (exact) mass is 492 g/mol. The number of aromatic nitrogens is 1. The number of pyridine rings is 1. The zero-order valence-electron chi connectivity index (χ0n) is 17.6. The van der Waals surface area contributed by atoms with E-state index in [0.717, 1.165) is 15.6 Å². The number of rotatable bonds is 5. The van der Waals surface area contributed by atoms with E-state index >= 15 is 0 Å². The number of aliphatic hydroxyl groups excluding tert-OH is 1. The van der Waals surface area contributed by atoms with Gasteiger partial charge < -0.3 is 14.7 Å². The molecule has 1 fully saturated rings. The van der Waals surface area contributed by atoms with E-state index in [2.05, 4.69) is 20.9 Å². The molecule has 0 aliphatic carbocycles. The fourth-order valence-electron chi connectivity index (χ4n) is 3.76. The highest BCUT2D eigenvalue weighted by Crippen LogP contribution is 2.39. The number of Topliss-reactive ketones (excluding diaryl/α,β-unsaturated/α-hetero) is 1. The molecule has 3 aromatic rings. The van der Waals surface area contributed by atoms with Crippen molar-refractivity contribution in [3.63, 3.8) is 0 Å². The summed E-state index contributed by atoms with van der Waals surface area (Å²) in [5.41, 5.74) is 2.73. The number of methoxy groups -OCH3 is 1. The molecule has 1 unspecified atom stereocenters. The summed E-state index contributed by atoms with van der Waals surface area (Å²) < 4.78 is 6.08. The third-order valence-corrected chi connectivity index (χ3v) is 6.34. The van der Waals surface area contributed by atoms with Gasteiger partial charge >= 0.3 is 0 Å². The van der Waals surface area contributed by atoms with Gasteiger partial charge in [0.1, 0.15) is 17.6 Å². The summed E-state index contributed by atoms with van der Waals surface area (Å²) in [6, 6.07) is 17.0. The first-order valence-corrected chi connectivity index (χ1v) is 10.8. The zero-order valence-corrected chi connectivity index (χ0v) is 19.2. The predicted molar refractivity (Wildman–Crippen MR) is 124 cm³/mol. The van der Waals surface area contributed by atoms with Crippen molar-refractivity contribution in [2.75, 3.05) is 7.11 Å². The molecule has 4 rings (SSSR count). The Morgan fingerprint density at radius 1 is 1.12 bits per heavy atom. The largest absolute Gasteiger partial charge is 0.507 e. The molecule has 162 valence electrons. The molecular weight excluding hydrogens is 472 g/mol.